The number of ether oxygens (including phenoxy) is 1. The van der Waals surface area contributed by atoms with Crippen LogP contribution in [0, 0.1) is 5.82 Å². The van der Waals surface area contributed by atoms with Crippen LogP contribution in [0.2, 0.25) is 0 Å². The summed E-state index contributed by atoms with van der Waals surface area (Å²) in [7, 11) is 0. The Morgan fingerprint density at radius 1 is 0.852 bits per heavy atom. The molecule has 3 aromatic carbocycles. The molecule has 0 saturated heterocycles. The molecule has 0 amide bonds. The molecule has 0 spiro atoms. The van der Waals surface area contributed by atoms with Gasteiger partial charge in [-0.1, -0.05) is 60.7 Å². The Morgan fingerprint density at radius 2 is 1.48 bits per heavy atom. The van der Waals surface area contributed by atoms with E-state index in [0.29, 0.717) is 11.4 Å². The number of hydrogen-bond acceptors (Lipinski definition) is 3. The molecule has 4 rings (SSSR count). The Bertz CT molecular complexity index is 1080. The van der Waals surface area contributed by atoms with E-state index in [9.17, 15) is 9.18 Å². The van der Waals surface area contributed by atoms with Crippen LogP contribution in [0.1, 0.15) is 10.5 Å². The average Bonchev–Trinajstić information content (AvgIpc) is 3.17. The molecular formula is C22H15FN2O2. The van der Waals surface area contributed by atoms with Crippen LogP contribution in [0.15, 0.2) is 91.0 Å². The monoisotopic (exact) mass is 358 g/mol. The second-order valence-corrected chi connectivity index (χ2v) is 5.85. The minimum atomic E-state index is -0.682. The van der Waals surface area contributed by atoms with Gasteiger partial charge in [-0.05, 0) is 30.3 Å². The van der Waals surface area contributed by atoms with E-state index in [-0.39, 0.29) is 11.4 Å². The molecule has 0 aliphatic rings. The first kappa shape index (κ1) is 16.7. The quantitative estimate of drug-likeness (QED) is 0.385. The number of halogens is 1. The lowest BCUT2D eigenvalue weighted by Gasteiger charge is -2.08. The number of aromatic nitrogens is 2. The molecule has 0 unspecified atom stereocenters. The summed E-state index contributed by atoms with van der Waals surface area (Å²) in [6, 6.07) is 26.2. The molecule has 0 saturated carbocycles. The van der Waals surface area contributed by atoms with Crippen molar-refractivity contribution < 1.29 is 13.9 Å². The van der Waals surface area contributed by atoms with Crippen LogP contribution in [0.4, 0.5) is 4.39 Å². The van der Waals surface area contributed by atoms with E-state index in [1.54, 1.807) is 12.1 Å². The fraction of sp³-hybridized carbons (Fsp3) is 0. The Labute approximate surface area is 155 Å². The molecule has 0 atom stereocenters. The van der Waals surface area contributed by atoms with Gasteiger partial charge in [-0.15, -0.1) is 0 Å². The van der Waals surface area contributed by atoms with Gasteiger partial charge >= 0.3 is 5.97 Å². The topological polar surface area (TPSA) is 44.1 Å². The maximum Gasteiger partial charge on any atom is 0.362 e. The fourth-order valence-corrected chi connectivity index (χ4v) is 2.72. The van der Waals surface area contributed by atoms with Gasteiger partial charge in [0.25, 0.3) is 0 Å². The zero-order valence-electron chi connectivity index (χ0n) is 14.2. The average molecular weight is 358 g/mol. The normalized spacial score (nSPS) is 10.6. The first-order chi connectivity index (χ1) is 13.2. The van der Waals surface area contributed by atoms with E-state index < -0.39 is 11.8 Å². The van der Waals surface area contributed by atoms with Crippen LogP contribution >= 0.6 is 0 Å². The van der Waals surface area contributed by atoms with Crippen molar-refractivity contribution in [2.24, 2.45) is 0 Å². The molecule has 1 heterocycles. The van der Waals surface area contributed by atoms with Crippen LogP contribution in [0.3, 0.4) is 0 Å². The molecule has 1 aromatic heterocycles. The number of benzene rings is 3. The van der Waals surface area contributed by atoms with E-state index in [0.717, 1.165) is 5.56 Å². The Morgan fingerprint density at radius 3 is 2.19 bits per heavy atom. The zero-order chi connectivity index (χ0) is 18.6. The van der Waals surface area contributed by atoms with Gasteiger partial charge < -0.3 is 4.74 Å². The lowest BCUT2D eigenvalue weighted by molar-refractivity contribution is 0.0718. The number of carbonyl (C=O) groups is 1. The van der Waals surface area contributed by atoms with E-state index in [1.807, 2.05) is 60.7 Å². The van der Waals surface area contributed by atoms with Gasteiger partial charge in [0.2, 0.25) is 0 Å². The van der Waals surface area contributed by atoms with Crippen molar-refractivity contribution in [3.8, 4) is 22.7 Å². The number of rotatable bonds is 4. The molecular weight excluding hydrogens is 343 g/mol. The van der Waals surface area contributed by atoms with Crippen molar-refractivity contribution in [1.29, 1.82) is 0 Å². The van der Waals surface area contributed by atoms with Gasteiger partial charge in [0.05, 0.1) is 11.4 Å². The summed E-state index contributed by atoms with van der Waals surface area (Å²) in [5.41, 5.74) is 2.41. The van der Waals surface area contributed by atoms with Crippen LogP contribution in [-0.2, 0) is 0 Å². The second-order valence-electron chi connectivity index (χ2n) is 5.85. The maximum atomic E-state index is 13.9. The number of para-hydroxylation sites is 2. The smallest absolute Gasteiger partial charge is 0.362 e. The number of esters is 1. The molecule has 0 fully saturated rings. The SMILES string of the molecule is O=C(Oc1ccccc1F)c1cc(-c2ccccc2)nn1-c1ccccc1. The third-order valence-corrected chi connectivity index (χ3v) is 4.03. The van der Waals surface area contributed by atoms with Crippen molar-refractivity contribution in [3.63, 3.8) is 0 Å². The fourth-order valence-electron chi connectivity index (χ4n) is 2.72. The highest BCUT2D eigenvalue weighted by Gasteiger charge is 2.20. The largest absolute Gasteiger partial charge is 0.419 e. The molecule has 0 aliphatic carbocycles. The van der Waals surface area contributed by atoms with E-state index >= 15 is 0 Å². The summed E-state index contributed by atoms with van der Waals surface area (Å²) >= 11 is 0. The Balaban J connectivity index is 1.77. The van der Waals surface area contributed by atoms with Crippen LogP contribution in [0.25, 0.3) is 16.9 Å². The van der Waals surface area contributed by atoms with Crippen molar-refractivity contribution in [2.75, 3.05) is 0 Å². The first-order valence-electron chi connectivity index (χ1n) is 8.40. The lowest BCUT2D eigenvalue weighted by Crippen LogP contribution is -2.15. The highest BCUT2D eigenvalue weighted by atomic mass is 19.1. The van der Waals surface area contributed by atoms with Crippen molar-refractivity contribution in [1.82, 2.24) is 9.78 Å². The first-order valence-corrected chi connectivity index (χ1v) is 8.40. The lowest BCUT2D eigenvalue weighted by atomic mass is 10.1. The molecule has 4 nitrogen and oxygen atoms in total. The number of carbonyl (C=O) groups excluding carboxylic acids is 1. The van der Waals surface area contributed by atoms with Crippen molar-refractivity contribution in [3.05, 3.63) is 103 Å². The highest BCUT2D eigenvalue weighted by molar-refractivity contribution is 5.91. The minimum Gasteiger partial charge on any atom is -0.419 e. The minimum absolute atomic E-state index is 0.121. The molecule has 132 valence electrons. The summed E-state index contributed by atoms with van der Waals surface area (Å²) < 4.78 is 20.6. The van der Waals surface area contributed by atoms with Gasteiger partial charge in [0, 0.05) is 5.56 Å². The second kappa shape index (κ2) is 7.25. The zero-order valence-corrected chi connectivity index (χ0v) is 14.2. The maximum absolute atomic E-state index is 13.9. The third-order valence-electron chi connectivity index (χ3n) is 4.03. The van der Waals surface area contributed by atoms with Crippen LogP contribution in [0.5, 0.6) is 5.75 Å². The van der Waals surface area contributed by atoms with Gasteiger partial charge in [0.1, 0.15) is 0 Å². The number of hydrogen-bond donors (Lipinski definition) is 0. The van der Waals surface area contributed by atoms with Gasteiger partial charge in [-0.2, -0.15) is 5.10 Å². The molecule has 0 N–H and O–H groups in total. The van der Waals surface area contributed by atoms with E-state index in [1.165, 1.54) is 22.9 Å². The number of nitrogens with zero attached hydrogens (tertiary/aromatic N) is 2. The summed E-state index contributed by atoms with van der Waals surface area (Å²) in [6.45, 7) is 0. The van der Waals surface area contributed by atoms with E-state index in [4.69, 9.17) is 4.74 Å². The predicted molar refractivity (Wildman–Crippen MR) is 100 cm³/mol. The van der Waals surface area contributed by atoms with Gasteiger partial charge in [0.15, 0.2) is 17.3 Å². The van der Waals surface area contributed by atoms with Gasteiger partial charge in [-0.3, -0.25) is 0 Å². The summed E-state index contributed by atoms with van der Waals surface area (Å²) in [6.07, 6.45) is 0. The van der Waals surface area contributed by atoms with Crippen molar-refractivity contribution >= 4 is 5.97 Å². The molecule has 4 aromatic rings. The molecule has 0 bridgehead atoms. The Hall–Kier alpha value is -3.73. The summed E-state index contributed by atoms with van der Waals surface area (Å²) in [4.78, 5) is 12.8. The summed E-state index contributed by atoms with van der Waals surface area (Å²) in [5.74, 6) is -1.40. The molecule has 0 radical (unpaired) electrons. The molecule has 5 heteroatoms. The highest BCUT2D eigenvalue weighted by Crippen LogP contribution is 2.23. The van der Waals surface area contributed by atoms with Crippen molar-refractivity contribution in [2.45, 2.75) is 0 Å². The van der Waals surface area contributed by atoms with Crippen LogP contribution < -0.4 is 4.74 Å². The molecule has 27 heavy (non-hydrogen) atoms. The third kappa shape index (κ3) is 3.48. The van der Waals surface area contributed by atoms with E-state index in [2.05, 4.69) is 5.10 Å². The van der Waals surface area contributed by atoms with Gasteiger partial charge in [-0.25, -0.2) is 13.9 Å². The van der Waals surface area contributed by atoms with Crippen LogP contribution in [-0.4, -0.2) is 15.7 Å². The standard InChI is InChI=1S/C22H15FN2O2/c23-18-13-7-8-14-21(18)27-22(26)20-15-19(16-9-3-1-4-10-16)24-25(20)17-11-5-2-6-12-17/h1-15H. The predicted octanol–water partition coefficient (Wildman–Crippen LogP) is 4.90. The Kier molecular flexibility index (Phi) is 4.49. The molecule has 0 aliphatic heterocycles. The summed E-state index contributed by atoms with van der Waals surface area (Å²) in [5, 5.41) is 4.56.